The van der Waals surface area contributed by atoms with Gasteiger partial charge in [0.25, 0.3) is 0 Å². The van der Waals surface area contributed by atoms with Crippen LogP contribution in [0.1, 0.15) is 16.7 Å². The summed E-state index contributed by atoms with van der Waals surface area (Å²) in [6.45, 7) is 0. The third-order valence-electron chi connectivity index (χ3n) is 9.49. The highest BCUT2D eigenvalue weighted by Gasteiger charge is 2.35. The quantitative estimate of drug-likeness (QED) is 0.191. The van der Waals surface area contributed by atoms with E-state index in [1.165, 1.54) is 0 Å². The minimum atomic E-state index is -3.36. The summed E-state index contributed by atoms with van der Waals surface area (Å²) in [6, 6.07) is 54.5. The molecule has 1 atom stereocenters. The number of nitrogens with zero attached hydrogens (tertiary/aromatic N) is 1. The van der Waals surface area contributed by atoms with E-state index in [1.807, 2.05) is 115 Å². The lowest BCUT2D eigenvalue weighted by Gasteiger charge is -2.27. The van der Waals surface area contributed by atoms with E-state index >= 15 is 4.21 Å². The molecule has 0 radical (unpaired) electrons. The van der Waals surface area contributed by atoms with Gasteiger partial charge in [-0.25, -0.2) is 4.21 Å². The maximum atomic E-state index is 16.6. The Labute approximate surface area is 282 Å². The van der Waals surface area contributed by atoms with Crippen molar-refractivity contribution in [2.24, 2.45) is 4.36 Å². The van der Waals surface area contributed by atoms with Crippen molar-refractivity contribution in [3.63, 3.8) is 0 Å². The molecule has 0 N–H and O–H groups in total. The Morgan fingerprint density at radius 1 is 0.429 bits per heavy atom. The lowest BCUT2D eigenvalue weighted by molar-refractivity contribution is 0.668. The molecule has 1 aliphatic heterocycles. The van der Waals surface area contributed by atoms with E-state index in [0.29, 0.717) is 15.5 Å². The zero-order chi connectivity index (χ0) is 32.5. The second kappa shape index (κ2) is 10.7. The molecule has 1 unspecified atom stereocenters. The van der Waals surface area contributed by atoms with Crippen LogP contribution in [0.4, 0.5) is 5.69 Å². The van der Waals surface area contributed by atoms with Gasteiger partial charge in [-0.15, -0.1) is 0 Å². The summed E-state index contributed by atoms with van der Waals surface area (Å²) < 4.78 is 34.6. The van der Waals surface area contributed by atoms with E-state index < -0.39 is 9.73 Å². The predicted octanol–water partition coefficient (Wildman–Crippen LogP) is 12.2. The van der Waals surface area contributed by atoms with Crippen LogP contribution in [-0.4, -0.2) is 4.21 Å². The van der Waals surface area contributed by atoms with E-state index in [4.69, 9.17) is 13.2 Å². The molecule has 2 aromatic heterocycles. The Hall–Kier alpha value is -6.17. The van der Waals surface area contributed by atoms with Crippen LogP contribution < -0.4 is 0 Å². The number of fused-ring (bicyclic) bond motifs is 7. The molecule has 4 nitrogen and oxygen atoms in total. The molecule has 0 amide bonds. The molecule has 7 aromatic carbocycles. The Balaban J connectivity index is 1.38. The fraction of sp³-hybridized carbons (Fsp3) is 0. The van der Waals surface area contributed by atoms with Crippen LogP contribution in [0.3, 0.4) is 0 Å². The first-order valence-electron chi connectivity index (χ1n) is 16.3. The zero-order valence-corrected chi connectivity index (χ0v) is 27.0. The molecule has 49 heavy (non-hydrogen) atoms. The Morgan fingerprint density at radius 2 is 0.939 bits per heavy atom. The summed E-state index contributed by atoms with van der Waals surface area (Å²) in [5, 5.41) is 3.89. The first-order chi connectivity index (χ1) is 24.2. The zero-order valence-electron chi connectivity index (χ0n) is 26.2. The van der Waals surface area contributed by atoms with Crippen LogP contribution >= 0.6 is 0 Å². The predicted molar refractivity (Wildman–Crippen MR) is 200 cm³/mol. The van der Waals surface area contributed by atoms with Crippen molar-refractivity contribution >= 4 is 69.8 Å². The van der Waals surface area contributed by atoms with E-state index in [-0.39, 0.29) is 0 Å². The van der Waals surface area contributed by atoms with Crippen LogP contribution in [0.15, 0.2) is 182 Å². The number of hydrogen-bond acceptors (Lipinski definition) is 4. The van der Waals surface area contributed by atoms with Crippen LogP contribution in [0, 0.1) is 0 Å². The first-order valence-corrected chi connectivity index (χ1v) is 17.8. The number of rotatable bonds is 4. The fourth-order valence-electron chi connectivity index (χ4n) is 7.44. The molecule has 0 saturated carbocycles. The second-order valence-electron chi connectivity index (χ2n) is 12.3. The SMILES string of the molecule is O=S1(c2ccccc2-c2cccc3oc4ccccc4c23)=Nc2ccccc2C(c2ccccc2)=C1c1cccc2oc3ccccc3c12. The van der Waals surface area contributed by atoms with Crippen molar-refractivity contribution in [3.8, 4) is 11.1 Å². The minimum absolute atomic E-state index is 0.649. The van der Waals surface area contributed by atoms with Crippen LogP contribution in [0.2, 0.25) is 0 Å². The standard InChI is InChI=1S/C44H27NO3S/c46-49(40-27-11-7-16-29(40)30-20-12-25-38-42(30)32-18-5-9-23-36(32)47-38)44(34-21-13-26-39-43(34)33-19-6-10-24-37(33)48-39)41(28-14-2-1-3-15-28)31-17-4-8-22-35(31)45-49/h1-27H. The average molecular weight is 650 g/mol. The van der Waals surface area contributed by atoms with Crippen molar-refractivity contribution in [1.82, 2.24) is 0 Å². The lowest BCUT2D eigenvalue weighted by Crippen LogP contribution is -2.12. The van der Waals surface area contributed by atoms with E-state index in [0.717, 1.165) is 77.3 Å². The number of benzene rings is 7. The van der Waals surface area contributed by atoms with E-state index in [9.17, 15) is 0 Å². The van der Waals surface area contributed by atoms with E-state index in [2.05, 4.69) is 48.5 Å². The molecule has 10 rings (SSSR count). The Bertz CT molecular complexity index is 2940. The highest BCUT2D eigenvalue weighted by molar-refractivity contribution is 8.03. The van der Waals surface area contributed by atoms with E-state index in [1.54, 1.807) is 0 Å². The molecule has 232 valence electrons. The molecule has 0 aliphatic carbocycles. The summed E-state index contributed by atoms with van der Waals surface area (Å²) in [5.74, 6) is 0. The normalized spacial score (nSPS) is 16.0. The van der Waals surface area contributed by atoms with Gasteiger partial charge in [0.05, 0.1) is 15.5 Å². The van der Waals surface area contributed by atoms with Crippen LogP contribution in [0.25, 0.3) is 65.5 Å². The summed E-state index contributed by atoms with van der Waals surface area (Å²) in [6.07, 6.45) is 0. The van der Waals surface area contributed by atoms with Gasteiger partial charge in [0.2, 0.25) is 0 Å². The molecule has 9 aromatic rings. The molecular weight excluding hydrogens is 623 g/mol. The molecule has 0 bridgehead atoms. The lowest BCUT2D eigenvalue weighted by atomic mass is 9.93. The number of hydrogen-bond donors (Lipinski definition) is 0. The Kier molecular flexibility index (Phi) is 6.08. The van der Waals surface area contributed by atoms with Gasteiger partial charge in [0, 0.05) is 38.2 Å². The summed E-state index contributed by atoms with van der Waals surface area (Å²) in [7, 11) is -3.36. The smallest absolute Gasteiger partial charge is 0.136 e. The van der Waals surface area contributed by atoms with Crippen molar-refractivity contribution in [2.45, 2.75) is 4.90 Å². The topological polar surface area (TPSA) is 55.7 Å². The molecular formula is C44H27NO3S. The van der Waals surface area contributed by atoms with Crippen molar-refractivity contribution in [2.75, 3.05) is 0 Å². The Morgan fingerprint density at radius 3 is 1.65 bits per heavy atom. The molecule has 5 heteroatoms. The van der Waals surface area contributed by atoms with Crippen LogP contribution in [-0.2, 0) is 9.73 Å². The monoisotopic (exact) mass is 649 g/mol. The fourth-order valence-corrected chi connectivity index (χ4v) is 9.99. The first kappa shape index (κ1) is 27.9. The summed E-state index contributed by atoms with van der Waals surface area (Å²) in [4.78, 5) is 1.32. The van der Waals surface area contributed by atoms with Gasteiger partial charge in [-0.2, -0.15) is 4.36 Å². The molecule has 0 spiro atoms. The maximum absolute atomic E-state index is 16.6. The van der Waals surface area contributed by atoms with Crippen molar-refractivity contribution in [1.29, 1.82) is 0 Å². The third-order valence-corrected chi connectivity index (χ3v) is 11.9. The van der Waals surface area contributed by atoms with Gasteiger partial charge < -0.3 is 8.83 Å². The largest absolute Gasteiger partial charge is 0.456 e. The third kappa shape index (κ3) is 4.13. The minimum Gasteiger partial charge on any atom is -0.456 e. The van der Waals surface area contributed by atoms with Gasteiger partial charge in [-0.1, -0.05) is 127 Å². The highest BCUT2D eigenvalue weighted by Crippen LogP contribution is 2.52. The van der Waals surface area contributed by atoms with Gasteiger partial charge in [0.1, 0.15) is 32.1 Å². The number of para-hydroxylation sites is 2. The maximum Gasteiger partial charge on any atom is 0.136 e. The number of furan rings is 2. The van der Waals surface area contributed by atoms with Gasteiger partial charge in [0.15, 0.2) is 0 Å². The van der Waals surface area contributed by atoms with Crippen LogP contribution in [0.5, 0.6) is 0 Å². The molecule has 0 saturated heterocycles. The second-order valence-corrected chi connectivity index (χ2v) is 14.3. The van der Waals surface area contributed by atoms with Crippen molar-refractivity contribution in [3.05, 3.63) is 180 Å². The summed E-state index contributed by atoms with van der Waals surface area (Å²) in [5.41, 5.74) is 9.25. The summed E-state index contributed by atoms with van der Waals surface area (Å²) >= 11 is 0. The van der Waals surface area contributed by atoms with Gasteiger partial charge in [-0.3, -0.25) is 0 Å². The van der Waals surface area contributed by atoms with Gasteiger partial charge in [-0.05, 0) is 53.1 Å². The van der Waals surface area contributed by atoms with Crippen molar-refractivity contribution < 1.29 is 13.0 Å². The molecule has 0 fully saturated rings. The molecule has 3 heterocycles. The highest BCUT2D eigenvalue weighted by atomic mass is 32.2. The average Bonchev–Trinajstić information content (AvgIpc) is 3.73. The van der Waals surface area contributed by atoms with Gasteiger partial charge >= 0.3 is 0 Å². The molecule has 1 aliphatic rings.